The molecule has 1 aliphatic heterocycles. The van der Waals surface area contributed by atoms with Crippen LogP contribution in [0.2, 0.25) is 0 Å². The number of amides is 2. The van der Waals surface area contributed by atoms with Gasteiger partial charge >= 0.3 is 0 Å². The lowest BCUT2D eigenvalue weighted by Crippen LogP contribution is -2.55. The molecule has 1 unspecified atom stereocenters. The van der Waals surface area contributed by atoms with Crippen molar-refractivity contribution >= 4 is 18.0 Å². The molecule has 0 aliphatic carbocycles. The molecule has 6 nitrogen and oxygen atoms in total. The molecular weight excluding hydrogens is 328 g/mol. The molecule has 0 bridgehead atoms. The number of aliphatic imine (C=N–C) groups is 1. The van der Waals surface area contributed by atoms with Gasteiger partial charge in [0.2, 0.25) is 5.91 Å². The van der Waals surface area contributed by atoms with Gasteiger partial charge in [-0.1, -0.05) is 51.1 Å². The highest BCUT2D eigenvalue weighted by Crippen LogP contribution is 2.25. The largest absolute Gasteiger partial charge is 0.400 e. The number of nitrogens with zero attached hydrogens (tertiary/aromatic N) is 1. The summed E-state index contributed by atoms with van der Waals surface area (Å²) >= 11 is 0. The van der Waals surface area contributed by atoms with E-state index in [1.165, 1.54) is 6.08 Å². The number of piperazine rings is 1. The molecule has 0 aromatic heterocycles. The van der Waals surface area contributed by atoms with Crippen molar-refractivity contribution in [1.82, 2.24) is 10.6 Å². The minimum absolute atomic E-state index is 0.145. The zero-order valence-corrected chi connectivity index (χ0v) is 15.7. The van der Waals surface area contributed by atoms with Crippen LogP contribution in [-0.4, -0.2) is 24.1 Å². The summed E-state index contributed by atoms with van der Waals surface area (Å²) in [7, 11) is 0. The van der Waals surface area contributed by atoms with Crippen molar-refractivity contribution in [3.63, 3.8) is 0 Å². The third-order valence-electron chi connectivity index (χ3n) is 4.04. The molecule has 1 heterocycles. The minimum atomic E-state index is -0.607. The highest BCUT2D eigenvalue weighted by atomic mass is 16.2. The van der Waals surface area contributed by atoms with Gasteiger partial charge in [-0.15, -0.1) is 0 Å². The van der Waals surface area contributed by atoms with Crippen LogP contribution >= 0.6 is 0 Å². The minimum Gasteiger partial charge on any atom is -0.400 e. The van der Waals surface area contributed by atoms with Crippen LogP contribution in [0.3, 0.4) is 0 Å². The van der Waals surface area contributed by atoms with Gasteiger partial charge in [0.05, 0.1) is 5.70 Å². The van der Waals surface area contributed by atoms with E-state index < -0.39 is 6.04 Å². The highest BCUT2D eigenvalue weighted by molar-refractivity contribution is 6.04. The predicted molar refractivity (Wildman–Crippen MR) is 103 cm³/mol. The van der Waals surface area contributed by atoms with Crippen LogP contribution in [0, 0.1) is 5.41 Å². The number of carbonyl (C=O) groups excluding carboxylic acids is 2. The van der Waals surface area contributed by atoms with E-state index in [9.17, 15) is 9.59 Å². The van der Waals surface area contributed by atoms with Gasteiger partial charge in [0, 0.05) is 23.7 Å². The van der Waals surface area contributed by atoms with Gasteiger partial charge < -0.3 is 16.4 Å². The Kier molecular flexibility index (Phi) is 5.97. The fourth-order valence-electron chi connectivity index (χ4n) is 2.52. The Bertz CT molecular complexity index is 771. The normalized spacial score (nSPS) is 20.8. The van der Waals surface area contributed by atoms with Gasteiger partial charge in [0.25, 0.3) is 5.91 Å². The number of allylic oxidation sites excluding steroid dienone is 2. The summed E-state index contributed by atoms with van der Waals surface area (Å²) in [6.07, 6.45) is 3.56. The molecule has 1 aliphatic rings. The molecular formula is C20H26N4O2. The summed E-state index contributed by atoms with van der Waals surface area (Å²) in [5.41, 5.74) is 8.00. The lowest BCUT2D eigenvalue weighted by atomic mass is 9.90. The van der Waals surface area contributed by atoms with E-state index in [0.29, 0.717) is 17.8 Å². The lowest BCUT2D eigenvalue weighted by molar-refractivity contribution is -0.131. The number of carbonyl (C=O) groups is 2. The Balaban J connectivity index is 2.24. The second-order valence-electron chi connectivity index (χ2n) is 7.20. The van der Waals surface area contributed by atoms with E-state index in [-0.39, 0.29) is 22.9 Å². The second kappa shape index (κ2) is 7.99. The fraction of sp³-hybridized carbons (Fsp3) is 0.350. The topological polar surface area (TPSA) is 96.6 Å². The molecule has 1 saturated heterocycles. The van der Waals surface area contributed by atoms with Crippen molar-refractivity contribution in [2.24, 2.45) is 16.1 Å². The number of hydrogen-bond acceptors (Lipinski definition) is 4. The Hall–Kier alpha value is -2.89. The fourth-order valence-corrected chi connectivity index (χ4v) is 2.52. The van der Waals surface area contributed by atoms with Crippen LogP contribution in [-0.2, 0) is 16.0 Å². The molecule has 0 spiro atoms. The maximum Gasteiger partial charge on any atom is 0.268 e. The van der Waals surface area contributed by atoms with Crippen molar-refractivity contribution in [2.45, 2.75) is 40.2 Å². The Morgan fingerprint density at radius 1 is 1.23 bits per heavy atom. The van der Waals surface area contributed by atoms with Crippen LogP contribution in [0.25, 0.3) is 0 Å². The summed E-state index contributed by atoms with van der Waals surface area (Å²) < 4.78 is 0. The van der Waals surface area contributed by atoms with E-state index in [0.717, 1.165) is 5.56 Å². The van der Waals surface area contributed by atoms with Crippen LogP contribution in [0.15, 0.2) is 58.5 Å². The Morgan fingerprint density at radius 3 is 2.46 bits per heavy atom. The van der Waals surface area contributed by atoms with Crippen LogP contribution in [0.1, 0.15) is 33.3 Å². The van der Waals surface area contributed by atoms with Crippen molar-refractivity contribution in [2.75, 3.05) is 0 Å². The third-order valence-corrected chi connectivity index (χ3v) is 4.04. The first kappa shape index (κ1) is 19.4. The van der Waals surface area contributed by atoms with E-state index in [1.807, 2.05) is 51.1 Å². The number of rotatable bonds is 4. The first-order valence-corrected chi connectivity index (χ1v) is 8.58. The highest BCUT2D eigenvalue weighted by Gasteiger charge is 2.30. The Morgan fingerprint density at radius 2 is 1.88 bits per heavy atom. The monoisotopic (exact) mass is 354 g/mol. The predicted octanol–water partition coefficient (Wildman–Crippen LogP) is 2.03. The van der Waals surface area contributed by atoms with Crippen LogP contribution in [0.5, 0.6) is 0 Å². The molecule has 2 amide bonds. The second-order valence-corrected chi connectivity index (χ2v) is 7.20. The van der Waals surface area contributed by atoms with Crippen molar-refractivity contribution in [1.29, 1.82) is 0 Å². The molecule has 0 radical (unpaired) electrons. The van der Waals surface area contributed by atoms with E-state index in [2.05, 4.69) is 15.6 Å². The van der Waals surface area contributed by atoms with Gasteiger partial charge in [0.15, 0.2) is 0 Å². The molecule has 6 heteroatoms. The van der Waals surface area contributed by atoms with Gasteiger partial charge in [-0.05, 0) is 18.6 Å². The van der Waals surface area contributed by atoms with E-state index in [1.54, 1.807) is 13.1 Å². The van der Waals surface area contributed by atoms with Crippen molar-refractivity contribution in [3.05, 3.63) is 59.1 Å². The Labute approximate surface area is 154 Å². The van der Waals surface area contributed by atoms with Gasteiger partial charge in [-0.25, -0.2) is 0 Å². The number of nitrogens with one attached hydrogen (secondary N) is 2. The van der Waals surface area contributed by atoms with Crippen molar-refractivity contribution in [3.8, 4) is 0 Å². The zero-order valence-electron chi connectivity index (χ0n) is 15.7. The van der Waals surface area contributed by atoms with Gasteiger partial charge in [0.1, 0.15) is 11.7 Å². The SMILES string of the molecule is CC=NC(/C=C1\NC(=O)C(Cc2ccccc2)NC1=O)=C(\N)C(C)(C)C. The number of nitrogens with two attached hydrogens (primary N) is 1. The molecule has 4 N–H and O–H groups in total. The maximum absolute atomic E-state index is 12.4. The van der Waals surface area contributed by atoms with Crippen LogP contribution < -0.4 is 16.4 Å². The number of benzene rings is 1. The summed E-state index contributed by atoms with van der Waals surface area (Å²) in [4.78, 5) is 29.1. The van der Waals surface area contributed by atoms with E-state index >= 15 is 0 Å². The molecule has 138 valence electrons. The molecule has 2 rings (SSSR count). The van der Waals surface area contributed by atoms with Gasteiger partial charge in [-0.3, -0.25) is 14.6 Å². The summed E-state index contributed by atoms with van der Waals surface area (Å²) in [6.45, 7) is 7.65. The summed E-state index contributed by atoms with van der Waals surface area (Å²) in [6, 6.07) is 8.95. The summed E-state index contributed by atoms with van der Waals surface area (Å²) in [5.74, 6) is -0.607. The smallest absolute Gasteiger partial charge is 0.268 e. The van der Waals surface area contributed by atoms with Crippen molar-refractivity contribution < 1.29 is 9.59 Å². The van der Waals surface area contributed by atoms with Crippen LogP contribution in [0.4, 0.5) is 0 Å². The lowest BCUT2D eigenvalue weighted by Gasteiger charge is -2.26. The molecule has 26 heavy (non-hydrogen) atoms. The molecule has 1 aromatic carbocycles. The average Bonchev–Trinajstić information content (AvgIpc) is 2.58. The quantitative estimate of drug-likeness (QED) is 0.570. The summed E-state index contributed by atoms with van der Waals surface area (Å²) in [5, 5.41) is 5.43. The first-order valence-electron chi connectivity index (χ1n) is 8.58. The maximum atomic E-state index is 12.4. The molecule has 1 aromatic rings. The molecule has 0 saturated carbocycles. The zero-order chi connectivity index (χ0) is 19.3. The van der Waals surface area contributed by atoms with Gasteiger partial charge in [-0.2, -0.15) is 0 Å². The standard InChI is InChI=1S/C20H26N4O2/c1-5-22-14(17(21)20(2,3)4)12-16-19(26)23-15(18(25)24-16)11-13-9-7-6-8-10-13/h5-10,12,15H,11,21H2,1-4H3,(H,23,26)(H,24,25)/b16-12-,17-14-,22-5?. The third kappa shape index (κ3) is 4.81. The van der Waals surface area contributed by atoms with E-state index in [4.69, 9.17) is 5.73 Å². The molecule has 1 atom stereocenters. The first-order chi connectivity index (χ1) is 12.2. The average molecular weight is 354 g/mol. The molecule has 1 fully saturated rings. The number of hydrogen-bond donors (Lipinski definition) is 3.